The summed E-state index contributed by atoms with van der Waals surface area (Å²) in [6.45, 7) is 6.46. The van der Waals surface area contributed by atoms with Gasteiger partial charge in [-0.1, -0.05) is 11.6 Å². The Labute approximate surface area is 145 Å². The van der Waals surface area contributed by atoms with Crippen molar-refractivity contribution in [1.82, 2.24) is 29.8 Å². The molecular formula is C17H22N6O2. The standard InChI is InChI=1S/C17H22N6O2/c1-12-18-13(2)23(20-12)9-15-5-3-4-7-22(15)10-16-19-17(21-25-16)14-6-8-24-11-14/h6,8,11,15H,3-5,7,9-10H2,1-2H3/t15-/m1/s1. The van der Waals surface area contributed by atoms with Gasteiger partial charge in [0.25, 0.3) is 0 Å². The second-order valence-corrected chi connectivity index (χ2v) is 6.53. The lowest BCUT2D eigenvalue weighted by Gasteiger charge is -2.34. The van der Waals surface area contributed by atoms with Crippen molar-refractivity contribution >= 4 is 0 Å². The monoisotopic (exact) mass is 342 g/mol. The van der Waals surface area contributed by atoms with Gasteiger partial charge >= 0.3 is 0 Å². The molecule has 8 nitrogen and oxygen atoms in total. The molecule has 1 saturated heterocycles. The first-order chi connectivity index (χ1) is 12.2. The maximum Gasteiger partial charge on any atom is 0.241 e. The van der Waals surface area contributed by atoms with E-state index < -0.39 is 0 Å². The van der Waals surface area contributed by atoms with Gasteiger partial charge in [-0.2, -0.15) is 10.1 Å². The van der Waals surface area contributed by atoms with E-state index in [4.69, 9.17) is 8.94 Å². The fourth-order valence-corrected chi connectivity index (χ4v) is 3.41. The molecule has 0 spiro atoms. The van der Waals surface area contributed by atoms with Crippen LogP contribution < -0.4 is 0 Å². The van der Waals surface area contributed by atoms with Crippen LogP contribution in [-0.2, 0) is 13.1 Å². The van der Waals surface area contributed by atoms with Gasteiger partial charge in [0.15, 0.2) is 0 Å². The molecule has 4 rings (SSSR count). The number of aromatic nitrogens is 5. The van der Waals surface area contributed by atoms with E-state index in [9.17, 15) is 0 Å². The molecule has 0 N–H and O–H groups in total. The Balaban J connectivity index is 1.47. The molecule has 1 aliphatic rings. The van der Waals surface area contributed by atoms with Gasteiger partial charge in [-0.25, -0.2) is 9.67 Å². The van der Waals surface area contributed by atoms with Crippen LogP contribution in [0.1, 0.15) is 36.8 Å². The summed E-state index contributed by atoms with van der Waals surface area (Å²) in [5.41, 5.74) is 0.832. The van der Waals surface area contributed by atoms with Crippen LogP contribution in [0.2, 0.25) is 0 Å². The summed E-state index contributed by atoms with van der Waals surface area (Å²) in [5, 5.41) is 8.55. The summed E-state index contributed by atoms with van der Waals surface area (Å²) in [7, 11) is 0. The number of likely N-dealkylation sites (tertiary alicyclic amines) is 1. The molecule has 8 heteroatoms. The third-order valence-electron chi connectivity index (χ3n) is 4.68. The molecule has 0 unspecified atom stereocenters. The van der Waals surface area contributed by atoms with E-state index in [0.717, 1.165) is 36.7 Å². The van der Waals surface area contributed by atoms with Gasteiger partial charge in [0, 0.05) is 6.04 Å². The van der Waals surface area contributed by atoms with Crippen molar-refractivity contribution in [1.29, 1.82) is 0 Å². The Morgan fingerprint density at radius 1 is 1.24 bits per heavy atom. The number of rotatable bonds is 5. The first-order valence-electron chi connectivity index (χ1n) is 8.66. The summed E-state index contributed by atoms with van der Waals surface area (Å²) in [6, 6.07) is 2.23. The lowest BCUT2D eigenvalue weighted by atomic mass is 10.0. The second-order valence-electron chi connectivity index (χ2n) is 6.53. The van der Waals surface area contributed by atoms with Crippen molar-refractivity contribution < 1.29 is 8.94 Å². The van der Waals surface area contributed by atoms with Crippen molar-refractivity contribution in [3.05, 3.63) is 36.1 Å². The summed E-state index contributed by atoms with van der Waals surface area (Å²) < 4.78 is 12.5. The van der Waals surface area contributed by atoms with E-state index in [0.29, 0.717) is 24.3 Å². The Morgan fingerprint density at radius 3 is 2.92 bits per heavy atom. The number of piperidine rings is 1. The van der Waals surface area contributed by atoms with E-state index >= 15 is 0 Å². The average molecular weight is 342 g/mol. The van der Waals surface area contributed by atoms with Crippen LogP contribution in [0.15, 0.2) is 27.5 Å². The number of hydrogen-bond donors (Lipinski definition) is 0. The minimum atomic E-state index is 0.401. The maximum absolute atomic E-state index is 5.44. The third kappa shape index (κ3) is 3.48. The molecule has 1 fully saturated rings. The first kappa shape index (κ1) is 16.0. The van der Waals surface area contributed by atoms with Crippen LogP contribution in [0.25, 0.3) is 11.4 Å². The molecule has 3 aromatic rings. The van der Waals surface area contributed by atoms with Gasteiger partial charge in [-0.05, 0) is 39.3 Å². The van der Waals surface area contributed by atoms with Crippen molar-refractivity contribution in [2.75, 3.05) is 6.54 Å². The molecule has 0 radical (unpaired) electrons. The van der Waals surface area contributed by atoms with Crippen LogP contribution in [0.4, 0.5) is 0 Å². The molecule has 3 aromatic heterocycles. The SMILES string of the molecule is Cc1nc(C)n(C[C@H]2CCCCN2Cc2nc(-c3ccoc3)no2)n1. The molecule has 25 heavy (non-hydrogen) atoms. The normalized spacial score (nSPS) is 18.7. The number of hydrogen-bond acceptors (Lipinski definition) is 7. The number of nitrogens with zero attached hydrogens (tertiary/aromatic N) is 6. The smallest absolute Gasteiger partial charge is 0.241 e. The fourth-order valence-electron chi connectivity index (χ4n) is 3.41. The van der Waals surface area contributed by atoms with Gasteiger partial charge in [0.1, 0.15) is 17.9 Å². The molecule has 1 atom stereocenters. The molecule has 0 aliphatic carbocycles. The molecule has 0 aromatic carbocycles. The fraction of sp³-hybridized carbons (Fsp3) is 0.529. The van der Waals surface area contributed by atoms with Crippen LogP contribution in [0.3, 0.4) is 0 Å². The minimum Gasteiger partial charge on any atom is -0.472 e. The molecule has 0 bridgehead atoms. The number of aryl methyl sites for hydroxylation is 2. The summed E-state index contributed by atoms with van der Waals surface area (Å²) in [5.74, 6) is 2.99. The largest absolute Gasteiger partial charge is 0.472 e. The van der Waals surface area contributed by atoms with Crippen molar-refractivity contribution in [3.8, 4) is 11.4 Å². The molecule has 0 saturated carbocycles. The van der Waals surface area contributed by atoms with Gasteiger partial charge in [-0.15, -0.1) is 0 Å². The van der Waals surface area contributed by atoms with E-state index in [1.54, 1.807) is 12.5 Å². The average Bonchev–Trinajstić information content (AvgIpc) is 3.31. The zero-order valence-electron chi connectivity index (χ0n) is 14.6. The summed E-state index contributed by atoms with van der Waals surface area (Å²) >= 11 is 0. The first-order valence-corrected chi connectivity index (χ1v) is 8.66. The van der Waals surface area contributed by atoms with Crippen LogP contribution in [-0.4, -0.2) is 42.4 Å². The summed E-state index contributed by atoms with van der Waals surface area (Å²) in [6.07, 6.45) is 6.79. The van der Waals surface area contributed by atoms with Crippen LogP contribution >= 0.6 is 0 Å². The minimum absolute atomic E-state index is 0.401. The Kier molecular flexibility index (Phi) is 4.35. The molecule has 1 aliphatic heterocycles. The molecule has 0 amide bonds. The van der Waals surface area contributed by atoms with E-state index in [-0.39, 0.29) is 0 Å². The van der Waals surface area contributed by atoms with Crippen molar-refractivity contribution in [2.45, 2.75) is 52.2 Å². The van der Waals surface area contributed by atoms with E-state index in [1.807, 2.05) is 24.6 Å². The highest BCUT2D eigenvalue weighted by Crippen LogP contribution is 2.22. The molecular weight excluding hydrogens is 320 g/mol. The lowest BCUT2D eigenvalue weighted by molar-refractivity contribution is 0.107. The highest BCUT2D eigenvalue weighted by Gasteiger charge is 2.26. The highest BCUT2D eigenvalue weighted by molar-refractivity contribution is 5.51. The van der Waals surface area contributed by atoms with Crippen LogP contribution in [0.5, 0.6) is 0 Å². The third-order valence-corrected chi connectivity index (χ3v) is 4.68. The second kappa shape index (κ2) is 6.79. The molecule has 4 heterocycles. The van der Waals surface area contributed by atoms with Gasteiger partial charge in [0.05, 0.1) is 24.9 Å². The Bertz CT molecular complexity index is 822. The van der Waals surface area contributed by atoms with E-state index in [1.165, 1.54) is 12.8 Å². The Morgan fingerprint density at radius 2 is 2.16 bits per heavy atom. The topological polar surface area (TPSA) is 86.0 Å². The Hall–Kier alpha value is -2.48. The maximum atomic E-state index is 5.44. The lowest BCUT2D eigenvalue weighted by Crippen LogP contribution is -2.42. The van der Waals surface area contributed by atoms with Crippen LogP contribution in [0, 0.1) is 13.8 Å². The number of furan rings is 1. The predicted molar refractivity (Wildman–Crippen MR) is 89.5 cm³/mol. The van der Waals surface area contributed by atoms with Gasteiger partial charge in [0.2, 0.25) is 11.7 Å². The van der Waals surface area contributed by atoms with E-state index in [2.05, 4.69) is 25.1 Å². The van der Waals surface area contributed by atoms with Crippen molar-refractivity contribution in [2.24, 2.45) is 0 Å². The zero-order valence-corrected chi connectivity index (χ0v) is 14.6. The quantitative estimate of drug-likeness (QED) is 0.704. The zero-order chi connectivity index (χ0) is 17.2. The molecule has 132 valence electrons. The van der Waals surface area contributed by atoms with Gasteiger partial charge in [-0.3, -0.25) is 4.90 Å². The summed E-state index contributed by atoms with van der Waals surface area (Å²) in [4.78, 5) is 11.3. The highest BCUT2D eigenvalue weighted by atomic mass is 16.5. The predicted octanol–water partition coefficient (Wildman–Crippen LogP) is 2.59. The van der Waals surface area contributed by atoms with Crippen molar-refractivity contribution in [3.63, 3.8) is 0 Å². The van der Waals surface area contributed by atoms with Gasteiger partial charge < -0.3 is 8.94 Å².